The number of carbonyl (C=O) groups is 1. The summed E-state index contributed by atoms with van der Waals surface area (Å²) in [4.78, 5) is 21.1. The van der Waals surface area contributed by atoms with E-state index in [-0.39, 0.29) is 11.8 Å². The first-order valence-corrected chi connectivity index (χ1v) is 8.41. The van der Waals surface area contributed by atoms with Gasteiger partial charge in [-0.15, -0.1) is 11.3 Å². The largest absolute Gasteiger partial charge is 0.312 e. The molecule has 1 aromatic carbocycles. The minimum atomic E-state index is 0.0749. The molecule has 0 aliphatic heterocycles. The number of fused-ring (bicyclic) bond motifs is 1. The molecular formula is C16H16ClN3OS. The quantitative estimate of drug-likeness (QED) is 0.644. The number of carbonyl (C=O) groups excluding carboxylic acids is 1. The maximum absolute atomic E-state index is 12.5. The molecule has 0 N–H and O–H groups in total. The molecule has 6 heteroatoms. The number of aromatic nitrogens is 3. The molecule has 0 saturated carbocycles. The Hall–Kier alpha value is -1.72. The van der Waals surface area contributed by atoms with Crippen LogP contribution in [0.15, 0.2) is 29.8 Å². The molecule has 114 valence electrons. The molecule has 0 saturated heterocycles. The van der Waals surface area contributed by atoms with Crippen molar-refractivity contribution in [3.05, 3.63) is 45.6 Å². The molecule has 0 radical (unpaired) electrons. The molecule has 3 aromatic rings. The van der Waals surface area contributed by atoms with Crippen molar-refractivity contribution < 1.29 is 4.79 Å². The second-order valence-electron chi connectivity index (χ2n) is 5.37. The van der Waals surface area contributed by atoms with Crippen molar-refractivity contribution in [2.75, 3.05) is 0 Å². The third-order valence-electron chi connectivity index (χ3n) is 3.54. The van der Waals surface area contributed by atoms with E-state index in [9.17, 15) is 4.79 Å². The molecule has 0 bridgehead atoms. The number of thiazole rings is 1. The number of Topliss-reactive ketones (excluding diaryl/α,β-unsaturated/α-hetero) is 1. The monoisotopic (exact) mass is 333 g/mol. The number of para-hydroxylation sites is 1. The highest BCUT2D eigenvalue weighted by Gasteiger charge is 2.18. The Labute approximate surface area is 137 Å². The summed E-state index contributed by atoms with van der Waals surface area (Å²) in [6, 6.07) is 5.85. The summed E-state index contributed by atoms with van der Waals surface area (Å²) in [6.45, 7) is 4.09. The molecule has 0 unspecified atom stereocenters. The second-order valence-corrected chi connectivity index (χ2v) is 6.68. The molecule has 2 heterocycles. The van der Waals surface area contributed by atoms with Crippen molar-refractivity contribution in [1.29, 1.82) is 0 Å². The number of nitrogens with zero attached hydrogens (tertiary/aromatic N) is 3. The average molecular weight is 334 g/mol. The van der Waals surface area contributed by atoms with Crippen LogP contribution in [0.5, 0.6) is 0 Å². The zero-order chi connectivity index (χ0) is 15.7. The Morgan fingerprint density at radius 1 is 1.41 bits per heavy atom. The van der Waals surface area contributed by atoms with Gasteiger partial charge in [-0.1, -0.05) is 6.07 Å². The maximum Gasteiger partial charge on any atom is 0.204 e. The highest BCUT2D eigenvalue weighted by atomic mass is 35.5. The van der Waals surface area contributed by atoms with Gasteiger partial charge in [0, 0.05) is 36.0 Å². The van der Waals surface area contributed by atoms with E-state index in [0.29, 0.717) is 29.2 Å². The lowest BCUT2D eigenvalue weighted by atomic mass is 10.1. The zero-order valence-electron chi connectivity index (χ0n) is 12.4. The number of aryl methyl sites for hydroxylation is 1. The molecule has 0 atom stereocenters. The van der Waals surface area contributed by atoms with Gasteiger partial charge in [-0.3, -0.25) is 4.79 Å². The Kier molecular flexibility index (Phi) is 4.27. The van der Waals surface area contributed by atoms with Crippen LogP contribution in [0.4, 0.5) is 0 Å². The molecule has 0 fully saturated rings. The van der Waals surface area contributed by atoms with E-state index in [1.807, 2.05) is 42.0 Å². The van der Waals surface area contributed by atoms with Gasteiger partial charge in [-0.05, 0) is 37.6 Å². The van der Waals surface area contributed by atoms with Crippen molar-refractivity contribution in [3.63, 3.8) is 0 Å². The predicted molar refractivity (Wildman–Crippen MR) is 89.9 cm³/mol. The summed E-state index contributed by atoms with van der Waals surface area (Å²) < 4.78 is 1.94. The van der Waals surface area contributed by atoms with Crippen LogP contribution >= 0.6 is 22.9 Å². The van der Waals surface area contributed by atoms with Crippen LogP contribution in [-0.4, -0.2) is 20.3 Å². The lowest BCUT2D eigenvalue weighted by molar-refractivity contribution is 0.0984. The van der Waals surface area contributed by atoms with E-state index < -0.39 is 0 Å². The van der Waals surface area contributed by atoms with E-state index in [2.05, 4.69) is 9.97 Å². The molecule has 0 aliphatic rings. The molecular weight excluding hydrogens is 318 g/mol. The van der Waals surface area contributed by atoms with Crippen molar-refractivity contribution in [2.24, 2.45) is 0 Å². The normalized spacial score (nSPS) is 11.5. The van der Waals surface area contributed by atoms with Crippen molar-refractivity contribution in [2.45, 2.75) is 32.7 Å². The van der Waals surface area contributed by atoms with Crippen molar-refractivity contribution >= 4 is 39.8 Å². The lowest BCUT2D eigenvalue weighted by Crippen LogP contribution is -2.03. The summed E-state index contributed by atoms with van der Waals surface area (Å²) in [5, 5.41) is 3.32. The van der Waals surface area contributed by atoms with Crippen molar-refractivity contribution in [3.8, 4) is 0 Å². The minimum Gasteiger partial charge on any atom is -0.312 e. The van der Waals surface area contributed by atoms with Crippen LogP contribution in [0.25, 0.3) is 11.0 Å². The van der Waals surface area contributed by atoms with Crippen LogP contribution in [0, 0.1) is 0 Å². The van der Waals surface area contributed by atoms with E-state index in [1.54, 1.807) is 17.5 Å². The van der Waals surface area contributed by atoms with E-state index in [1.165, 1.54) is 0 Å². The van der Waals surface area contributed by atoms with Gasteiger partial charge in [0.25, 0.3) is 0 Å². The SMILES string of the molecule is CC(C)n1c(Cl)nc2c(C(=O)CCc3nccs3)cccc21. The molecule has 0 aliphatic carbocycles. The van der Waals surface area contributed by atoms with Gasteiger partial charge >= 0.3 is 0 Å². The summed E-state index contributed by atoms with van der Waals surface area (Å²) >= 11 is 7.80. The van der Waals surface area contributed by atoms with E-state index in [4.69, 9.17) is 11.6 Å². The summed E-state index contributed by atoms with van der Waals surface area (Å²) in [7, 11) is 0. The molecule has 4 nitrogen and oxygen atoms in total. The van der Waals surface area contributed by atoms with Gasteiger partial charge in [0.05, 0.1) is 10.5 Å². The highest BCUT2D eigenvalue weighted by Crippen LogP contribution is 2.27. The third-order valence-corrected chi connectivity index (χ3v) is 4.65. The molecule has 0 spiro atoms. The Bertz CT molecular complexity index is 808. The summed E-state index contributed by atoms with van der Waals surface area (Å²) in [6.07, 6.45) is 2.85. The van der Waals surface area contributed by atoms with Crippen LogP contribution in [0.3, 0.4) is 0 Å². The molecule has 2 aromatic heterocycles. The first-order chi connectivity index (χ1) is 10.6. The van der Waals surface area contributed by atoms with E-state index in [0.717, 1.165) is 10.5 Å². The lowest BCUT2D eigenvalue weighted by Gasteiger charge is -2.09. The fourth-order valence-electron chi connectivity index (χ4n) is 2.54. The smallest absolute Gasteiger partial charge is 0.204 e. The highest BCUT2D eigenvalue weighted by molar-refractivity contribution is 7.09. The van der Waals surface area contributed by atoms with Crippen molar-refractivity contribution in [1.82, 2.24) is 14.5 Å². The topological polar surface area (TPSA) is 47.8 Å². The number of hydrogen-bond donors (Lipinski definition) is 0. The van der Waals surface area contributed by atoms with Gasteiger partial charge in [0.15, 0.2) is 5.78 Å². The number of halogens is 1. The first kappa shape index (κ1) is 15.2. The fraction of sp³-hybridized carbons (Fsp3) is 0.312. The number of benzene rings is 1. The third kappa shape index (κ3) is 2.78. The van der Waals surface area contributed by atoms with Crippen LogP contribution < -0.4 is 0 Å². The Morgan fingerprint density at radius 2 is 2.23 bits per heavy atom. The Balaban J connectivity index is 1.93. The molecule has 22 heavy (non-hydrogen) atoms. The van der Waals surface area contributed by atoms with Gasteiger partial charge in [-0.2, -0.15) is 0 Å². The van der Waals surface area contributed by atoms with Gasteiger partial charge < -0.3 is 4.57 Å². The molecule has 0 amide bonds. The zero-order valence-corrected chi connectivity index (χ0v) is 14.0. The second kappa shape index (κ2) is 6.18. The number of rotatable bonds is 5. The van der Waals surface area contributed by atoms with E-state index >= 15 is 0 Å². The predicted octanol–water partition coefficient (Wildman–Crippen LogP) is 4.54. The first-order valence-electron chi connectivity index (χ1n) is 7.16. The summed E-state index contributed by atoms with van der Waals surface area (Å²) in [5.41, 5.74) is 2.22. The van der Waals surface area contributed by atoms with Crippen LogP contribution in [0.2, 0.25) is 5.28 Å². The number of hydrogen-bond acceptors (Lipinski definition) is 4. The van der Waals surface area contributed by atoms with Crippen LogP contribution in [0.1, 0.15) is 41.7 Å². The summed E-state index contributed by atoms with van der Waals surface area (Å²) in [5.74, 6) is 0.0749. The Morgan fingerprint density at radius 3 is 2.91 bits per heavy atom. The maximum atomic E-state index is 12.5. The minimum absolute atomic E-state index is 0.0749. The van der Waals surface area contributed by atoms with Gasteiger partial charge in [-0.25, -0.2) is 9.97 Å². The number of ketones is 1. The van der Waals surface area contributed by atoms with Gasteiger partial charge in [0.2, 0.25) is 5.28 Å². The number of imidazole rings is 1. The van der Waals surface area contributed by atoms with Gasteiger partial charge in [0.1, 0.15) is 5.52 Å². The standard InChI is InChI=1S/C16H16ClN3OS/c1-10(2)20-12-5-3-4-11(15(12)19-16(20)17)13(21)6-7-14-18-8-9-22-14/h3-5,8-10H,6-7H2,1-2H3. The van der Waals surface area contributed by atoms with Crippen LogP contribution in [-0.2, 0) is 6.42 Å². The fourth-order valence-corrected chi connectivity index (χ4v) is 3.53. The average Bonchev–Trinajstić information content (AvgIpc) is 3.10. The molecule has 3 rings (SSSR count).